The van der Waals surface area contributed by atoms with Crippen molar-refractivity contribution in [1.29, 1.82) is 0 Å². The minimum Gasteiger partial charge on any atom is -0.382 e. The second-order valence-corrected chi connectivity index (χ2v) is 7.13. The second-order valence-electron chi connectivity index (χ2n) is 7.13. The Morgan fingerprint density at radius 1 is 1.30 bits per heavy atom. The van der Waals surface area contributed by atoms with Crippen molar-refractivity contribution in [2.45, 2.75) is 45.7 Å². The number of aromatic nitrogens is 6. The largest absolute Gasteiger partial charge is 0.382 e. The van der Waals surface area contributed by atoms with E-state index in [4.69, 9.17) is 5.73 Å². The van der Waals surface area contributed by atoms with Crippen LogP contribution in [0.1, 0.15) is 36.7 Å². The molecule has 9 heteroatoms. The van der Waals surface area contributed by atoms with Gasteiger partial charge in [0, 0.05) is 31.7 Å². The molecule has 0 saturated carbocycles. The van der Waals surface area contributed by atoms with Gasteiger partial charge in [-0.05, 0) is 32.8 Å². The first kappa shape index (κ1) is 17.4. The van der Waals surface area contributed by atoms with Crippen LogP contribution in [0, 0.1) is 13.8 Å². The monoisotopic (exact) mass is 368 g/mol. The summed E-state index contributed by atoms with van der Waals surface area (Å²) in [6.07, 6.45) is 5.53. The number of amides is 1. The van der Waals surface area contributed by atoms with E-state index in [9.17, 15) is 4.79 Å². The highest BCUT2D eigenvalue weighted by molar-refractivity contribution is 5.81. The number of anilines is 1. The van der Waals surface area contributed by atoms with E-state index < -0.39 is 0 Å². The van der Waals surface area contributed by atoms with Crippen LogP contribution in [0.2, 0.25) is 0 Å². The summed E-state index contributed by atoms with van der Waals surface area (Å²) in [5.41, 5.74) is 9.22. The SMILES string of the molecule is Cc1cc(C)n(C2CCCN(C(=O)CCn3cnc4c(N)ncnc43)C2)n1. The van der Waals surface area contributed by atoms with Crippen LogP contribution in [-0.2, 0) is 11.3 Å². The third-order valence-electron chi connectivity index (χ3n) is 5.14. The van der Waals surface area contributed by atoms with Crippen molar-refractivity contribution in [3.05, 3.63) is 30.1 Å². The molecule has 4 heterocycles. The molecule has 0 aromatic carbocycles. The van der Waals surface area contributed by atoms with E-state index in [0.717, 1.165) is 30.8 Å². The fraction of sp³-hybridized carbons (Fsp3) is 0.500. The Labute approximate surface area is 157 Å². The molecule has 1 saturated heterocycles. The van der Waals surface area contributed by atoms with Crippen molar-refractivity contribution < 1.29 is 4.79 Å². The zero-order valence-electron chi connectivity index (χ0n) is 15.7. The lowest BCUT2D eigenvalue weighted by atomic mass is 10.1. The Hall–Kier alpha value is -2.97. The number of carbonyl (C=O) groups excluding carboxylic acids is 1. The van der Waals surface area contributed by atoms with Gasteiger partial charge in [-0.3, -0.25) is 9.48 Å². The molecule has 142 valence electrons. The number of nitrogens with zero attached hydrogens (tertiary/aromatic N) is 7. The molecule has 0 radical (unpaired) electrons. The lowest BCUT2D eigenvalue weighted by Gasteiger charge is -2.33. The minimum absolute atomic E-state index is 0.144. The fourth-order valence-corrected chi connectivity index (χ4v) is 3.83. The van der Waals surface area contributed by atoms with E-state index in [1.165, 1.54) is 6.33 Å². The fourth-order valence-electron chi connectivity index (χ4n) is 3.83. The normalized spacial score (nSPS) is 17.6. The Morgan fingerprint density at radius 2 is 2.15 bits per heavy atom. The summed E-state index contributed by atoms with van der Waals surface area (Å²) >= 11 is 0. The maximum absolute atomic E-state index is 12.8. The standard InChI is InChI=1S/C18H24N8O/c1-12-8-13(2)26(23-12)14-4-3-6-24(9-14)15(27)5-7-25-11-22-16-17(19)20-10-21-18(16)25/h8,10-11,14H,3-7,9H2,1-2H3,(H2,19,20,21). The summed E-state index contributed by atoms with van der Waals surface area (Å²) in [4.78, 5) is 27.1. The van der Waals surface area contributed by atoms with Gasteiger partial charge in [-0.1, -0.05) is 0 Å². The molecule has 1 atom stereocenters. The Bertz CT molecular complexity index is 975. The summed E-state index contributed by atoms with van der Waals surface area (Å²) in [6, 6.07) is 2.33. The zero-order valence-corrected chi connectivity index (χ0v) is 15.7. The number of nitrogens with two attached hydrogens (primary N) is 1. The van der Waals surface area contributed by atoms with Crippen LogP contribution in [-0.4, -0.2) is 53.2 Å². The molecule has 0 bridgehead atoms. The Balaban J connectivity index is 1.42. The third kappa shape index (κ3) is 3.36. The number of rotatable bonds is 4. The molecule has 9 nitrogen and oxygen atoms in total. The van der Waals surface area contributed by atoms with Crippen molar-refractivity contribution in [2.75, 3.05) is 18.8 Å². The average molecular weight is 368 g/mol. The van der Waals surface area contributed by atoms with Crippen LogP contribution < -0.4 is 5.73 Å². The highest BCUT2D eigenvalue weighted by atomic mass is 16.2. The van der Waals surface area contributed by atoms with Crippen LogP contribution in [0.15, 0.2) is 18.7 Å². The number of hydrogen-bond acceptors (Lipinski definition) is 6. The van der Waals surface area contributed by atoms with Crippen molar-refractivity contribution in [3.8, 4) is 0 Å². The number of piperidine rings is 1. The molecule has 2 N–H and O–H groups in total. The Morgan fingerprint density at radius 3 is 2.93 bits per heavy atom. The van der Waals surface area contributed by atoms with E-state index >= 15 is 0 Å². The molecule has 4 rings (SSSR count). The summed E-state index contributed by atoms with van der Waals surface area (Å²) in [5, 5.41) is 4.60. The van der Waals surface area contributed by atoms with Crippen molar-refractivity contribution in [1.82, 2.24) is 34.2 Å². The molecule has 0 aliphatic carbocycles. The van der Waals surface area contributed by atoms with Crippen molar-refractivity contribution in [2.24, 2.45) is 0 Å². The highest BCUT2D eigenvalue weighted by Crippen LogP contribution is 2.23. The number of hydrogen-bond donors (Lipinski definition) is 1. The smallest absolute Gasteiger partial charge is 0.224 e. The molecule has 1 aliphatic heterocycles. The maximum Gasteiger partial charge on any atom is 0.224 e. The lowest BCUT2D eigenvalue weighted by molar-refractivity contribution is -0.133. The van der Waals surface area contributed by atoms with E-state index in [1.807, 2.05) is 16.4 Å². The molecule has 3 aromatic rings. The van der Waals surface area contributed by atoms with Crippen molar-refractivity contribution in [3.63, 3.8) is 0 Å². The quantitative estimate of drug-likeness (QED) is 0.747. The van der Waals surface area contributed by atoms with Crippen LogP contribution in [0.3, 0.4) is 0 Å². The van der Waals surface area contributed by atoms with Gasteiger partial charge in [-0.25, -0.2) is 15.0 Å². The molecule has 3 aromatic heterocycles. The Kier molecular flexibility index (Phi) is 4.51. The maximum atomic E-state index is 12.8. The number of aryl methyl sites for hydroxylation is 3. The molecule has 1 aliphatic rings. The summed E-state index contributed by atoms with van der Waals surface area (Å²) in [6.45, 7) is 6.10. The first-order valence-electron chi connectivity index (χ1n) is 9.25. The summed E-state index contributed by atoms with van der Waals surface area (Å²) in [7, 11) is 0. The average Bonchev–Trinajstić information content (AvgIpc) is 3.23. The van der Waals surface area contributed by atoms with E-state index in [1.54, 1.807) is 6.33 Å². The van der Waals surface area contributed by atoms with Gasteiger partial charge in [0.1, 0.15) is 11.8 Å². The number of carbonyl (C=O) groups is 1. The van der Waals surface area contributed by atoms with Crippen LogP contribution >= 0.6 is 0 Å². The molecule has 1 unspecified atom stereocenters. The molecule has 1 fully saturated rings. The van der Waals surface area contributed by atoms with E-state index in [2.05, 4.69) is 37.7 Å². The van der Waals surface area contributed by atoms with Crippen LogP contribution in [0.25, 0.3) is 11.2 Å². The van der Waals surface area contributed by atoms with E-state index in [-0.39, 0.29) is 11.9 Å². The topological polar surface area (TPSA) is 108 Å². The van der Waals surface area contributed by atoms with Crippen LogP contribution in [0.4, 0.5) is 5.82 Å². The first-order chi connectivity index (χ1) is 13.0. The predicted octanol–water partition coefficient (Wildman–Crippen LogP) is 1.48. The van der Waals surface area contributed by atoms with Crippen molar-refractivity contribution >= 4 is 22.9 Å². The molecule has 27 heavy (non-hydrogen) atoms. The number of imidazole rings is 1. The van der Waals surface area contributed by atoms with Gasteiger partial charge in [0.25, 0.3) is 0 Å². The number of nitrogen functional groups attached to an aromatic ring is 1. The molecule has 0 spiro atoms. The van der Waals surface area contributed by atoms with Gasteiger partial charge in [0.2, 0.25) is 5.91 Å². The third-order valence-corrected chi connectivity index (χ3v) is 5.14. The summed E-state index contributed by atoms with van der Waals surface area (Å²) < 4.78 is 3.92. The van der Waals surface area contributed by atoms with Gasteiger partial charge in [-0.2, -0.15) is 5.10 Å². The minimum atomic E-state index is 0.144. The second kappa shape index (κ2) is 6.98. The lowest BCUT2D eigenvalue weighted by Crippen LogP contribution is -2.41. The van der Waals surface area contributed by atoms with Gasteiger partial charge >= 0.3 is 0 Å². The molecule has 1 amide bonds. The molecular formula is C18H24N8O. The van der Waals surface area contributed by atoms with Gasteiger partial charge in [0.15, 0.2) is 11.5 Å². The summed E-state index contributed by atoms with van der Waals surface area (Å²) in [5.74, 6) is 0.499. The molecular weight excluding hydrogens is 344 g/mol. The zero-order chi connectivity index (χ0) is 19.0. The van der Waals surface area contributed by atoms with Gasteiger partial charge in [-0.15, -0.1) is 0 Å². The first-order valence-corrected chi connectivity index (χ1v) is 9.25. The predicted molar refractivity (Wildman–Crippen MR) is 101 cm³/mol. The number of likely N-dealkylation sites (tertiary alicyclic amines) is 1. The highest BCUT2D eigenvalue weighted by Gasteiger charge is 2.26. The number of fused-ring (bicyclic) bond motifs is 1. The van der Waals surface area contributed by atoms with E-state index in [0.29, 0.717) is 36.5 Å². The van der Waals surface area contributed by atoms with Crippen LogP contribution in [0.5, 0.6) is 0 Å². The van der Waals surface area contributed by atoms with Gasteiger partial charge in [0.05, 0.1) is 18.1 Å². The van der Waals surface area contributed by atoms with Gasteiger partial charge < -0.3 is 15.2 Å².